The second-order valence-corrected chi connectivity index (χ2v) is 7.65. The van der Waals surface area contributed by atoms with Gasteiger partial charge in [-0.3, -0.25) is 4.79 Å². The lowest BCUT2D eigenvalue weighted by Gasteiger charge is -2.25. The molecule has 0 aliphatic carbocycles. The Kier molecular flexibility index (Phi) is 4.96. The summed E-state index contributed by atoms with van der Waals surface area (Å²) in [7, 11) is 1.62. The smallest absolute Gasteiger partial charge is 0.226 e. The Morgan fingerprint density at radius 2 is 2.06 bits per heavy atom. The summed E-state index contributed by atoms with van der Waals surface area (Å²) in [4.78, 5) is 12.7. The van der Waals surface area contributed by atoms with Gasteiger partial charge < -0.3 is 14.8 Å². The van der Waals surface area contributed by atoms with Crippen molar-refractivity contribution in [3.63, 3.8) is 0 Å². The molecule has 164 valence electrons. The SMILES string of the molecule is CCCOc1ccc(C2CC(=O)Nc3c2c(C)nn3-c2ccc3nncn3n2)cc1OC. The Hall–Kier alpha value is -3.95. The van der Waals surface area contributed by atoms with E-state index in [2.05, 4.69) is 27.5 Å². The maximum Gasteiger partial charge on any atom is 0.226 e. The van der Waals surface area contributed by atoms with Crippen LogP contribution >= 0.6 is 0 Å². The molecule has 3 aromatic heterocycles. The predicted molar refractivity (Wildman–Crippen MR) is 117 cm³/mol. The Labute approximate surface area is 184 Å². The highest BCUT2D eigenvalue weighted by Gasteiger charge is 2.33. The van der Waals surface area contributed by atoms with E-state index in [9.17, 15) is 4.79 Å². The molecule has 0 spiro atoms. The van der Waals surface area contributed by atoms with Crippen molar-refractivity contribution in [1.29, 1.82) is 0 Å². The fourth-order valence-electron chi connectivity index (χ4n) is 4.06. The summed E-state index contributed by atoms with van der Waals surface area (Å²) in [6, 6.07) is 9.43. The number of rotatable bonds is 6. The Morgan fingerprint density at radius 1 is 1.19 bits per heavy atom. The van der Waals surface area contributed by atoms with Crippen molar-refractivity contribution in [1.82, 2.24) is 29.6 Å². The minimum Gasteiger partial charge on any atom is -0.493 e. The molecule has 1 amide bonds. The number of hydrogen-bond donors (Lipinski definition) is 1. The second kappa shape index (κ2) is 7.95. The Bertz CT molecular complexity index is 1310. The average molecular weight is 433 g/mol. The highest BCUT2D eigenvalue weighted by molar-refractivity contribution is 5.95. The topological polar surface area (TPSA) is 108 Å². The number of aryl methyl sites for hydroxylation is 1. The molecular formula is C22H23N7O3. The van der Waals surface area contributed by atoms with E-state index in [0.29, 0.717) is 41.8 Å². The third kappa shape index (κ3) is 3.33. The van der Waals surface area contributed by atoms with Gasteiger partial charge in [-0.2, -0.15) is 14.3 Å². The monoisotopic (exact) mass is 433 g/mol. The highest BCUT2D eigenvalue weighted by Crippen LogP contribution is 2.42. The summed E-state index contributed by atoms with van der Waals surface area (Å²) in [5.41, 5.74) is 3.37. The number of anilines is 1. The van der Waals surface area contributed by atoms with Crippen LogP contribution in [0.4, 0.5) is 5.82 Å². The molecule has 0 saturated heterocycles. The molecule has 32 heavy (non-hydrogen) atoms. The fourth-order valence-corrected chi connectivity index (χ4v) is 4.06. The summed E-state index contributed by atoms with van der Waals surface area (Å²) < 4.78 is 14.6. The van der Waals surface area contributed by atoms with Gasteiger partial charge in [-0.15, -0.1) is 15.3 Å². The molecule has 4 aromatic rings. The summed E-state index contributed by atoms with van der Waals surface area (Å²) in [6.45, 7) is 4.60. The first-order valence-corrected chi connectivity index (χ1v) is 10.5. The van der Waals surface area contributed by atoms with Gasteiger partial charge in [0.2, 0.25) is 5.91 Å². The van der Waals surface area contributed by atoms with Crippen LogP contribution in [0.2, 0.25) is 0 Å². The highest BCUT2D eigenvalue weighted by atomic mass is 16.5. The number of fused-ring (bicyclic) bond motifs is 2. The standard InChI is InChI=1S/C22H23N7O3/c1-4-9-32-16-6-5-14(10-17(16)31-3)15-11-20(30)24-22-21(15)13(2)26-29(22)19-8-7-18-25-23-12-28(18)27-19/h5-8,10,12,15H,4,9,11H2,1-3H3,(H,24,30). The molecular weight excluding hydrogens is 410 g/mol. The summed E-state index contributed by atoms with van der Waals surface area (Å²) in [5, 5.41) is 20.0. The van der Waals surface area contributed by atoms with E-state index in [1.54, 1.807) is 28.4 Å². The first-order valence-electron chi connectivity index (χ1n) is 10.5. The maximum atomic E-state index is 12.7. The third-order valence-corrected chi connectivity index (χ3v) is 5.52. The lowest BCUT2D eigenvalue weighted by molar-refractivity contribution is -0.116. The number of amides is 1. The molecule has 0 saturated carbocycles. The number of aromatic nitrogens is 6. The van der Waals surface area contributed by atoms with E-state index >= 15 is 0 Å². The molecule has 1 aliphatic heterocycles. The van der Waals surface area contributed by atoms with Crippen LogP contribution in [0.5, 0.6) is 11.5 Å². The van der Waals surface area contributed by atoms with Crippen LogP contribution in [0.25, 0.3) is 11.5 Å². The summed E-state index contributed by atoms with van der Waals surface area (Å²) in [6.07, 6.45) is 2.75. The van der Waals surface area contributed by atoms with E-state index in [-0.39, 0.29) is 11.8 Å². The molecule has 0 bridgehead atoms. The van der Waals surface area contributed by atoms with Gasteiger partial charge in [-0.05, 0) is 43.2 Å². The minimum atomic E-state index is -0.166. The minimum absolute atomic E-state index is 0.0840. The fraction of sp³-hybridized carbons (Fsp3) is 0.318. The number of hydrogen-bond acceptors (Lipinski definition) is 7. The van der Waals surface area contributed by atoms with Gasteiger partial charge >= 0.3 is 0 Å². The molecule has 1 unspecified atom stereocenters. The number of carbonyl (C=O) groups is 1. The molecule has 1 aliphatic rings. The van der Waals surface area contributed by atoms with Crippen molar-refractivity contribution in [3.05, 3.63) is 53.5 Å². The van der Waals surface area contributed by atoms with Gasteiger partial charge in [-0.1, -0.05) is 13.0 Å². The van der Waals surface area contributed by atoms with Crippen LogP contribution in [-0.2, 0) is 4.79 Å². The van der Waals surface area contributed by atoms with E-state index in [1.807, 2.05) is 25.1 Å². The zero-order valence-electron chi connectivity index (χ0n) is 18.1. The molecule has 0 radical (unpaired) electrons. The largest absolute Gasteiger partial charge is 0.493 e. The first-order chi connectivity index (χ1) is 15.6. The van der Waals surface area contributed by atoms with Crippen molar-refractivity contribution in [2.75, 3.05) is 19.0 Å². The summed E-state index contributed by atoms with van der Waals surface area (Å²) >= 11 is 0. The number of carbonyl (C=O) groups excluding carboxylic acids is 1. The maximum absolute atomic E-state index is 12.7. The van der Waals surface area contributed by atoms with Crippen LogP contribution < -0.4 is 14.8 Å². The molecule has 0 fully saturated rings. The molecule has 10 nitrogen and oxygen atoms in total. The molecule has 1 atom stereocenters. The van der Waals surface area contributed by atoms with Crippen LogP contribution in [0.15, 0.2) is 36.7 Å². The average Bonchev–Trinajstić information content (AvgIpc) is 3.40. The molecule has 1 aromatic carbocycles. The number of nitrogens with one attached hydrogen (secondary N) is 1. The molecule has 10 heteroatoms. The normalized spacial score (nSPS) is 15.5. The van der Waals surface area contributed by atoms with Gasteiger partial charge in [0.1, 0.15) is 12.1 Å². The third-order valence-electron chi connectivity index (χ3n) is 5.52. The quantitative estimate of drug-likeness (QED) is 0.498. The number of benzene rings is 1. The predicted octanol–water partition coefficient (Wildman–Crippen LogP) is 2.89. The van der Waals surface area contributed by atoms with Crippen molar-refractivity contribution in [2.45, 2.75) is 32.6 Å². The van der Waals surface area contributed by atoms with Crippen molar-refractivity contribution >= 4 is 17.4 Å². The van der Waals surface area contributed by atoms with E-state index in [1.165, 1.54) is 6.33 Å². The zero-order valence-corrected chi connectivity index (χ0v) is 18.1. The number of ether oxygens (including phenoxy) is 2. The van der Waals surface area contributed by atoms with Gasteiger partial charge in [0.05, 0.1) is 19.4 Å². The van der Waals surface area contributed by atoms with Crippen molar-refractivity contribution in [2.24, 2.45) is 0 Å². The molecule has 5 rings (SSSR count). The second-order valence-electron chi connectivity index (χ2n) is 7.65. The number of nitrogens with zero attached hydrogens (tertiary/aromatic N) is 6. The Balaban J connectivity index is 1.59. The van der Waals surface area contributed by atoms with Gasteiger partial charge in [0.25, 0.3) is 0 Å². The van der Waals surface area contributed by atoms with Crippen LogP contribution in [0, 0.1) is 6.92 Å². The van der Waals surface area contributed by atoms with E-state index < -0.39 is 0 Å². The van der Waals surface area contributed by atoms with E-state index in [4.69, 9.17) is 14.6 Å². The Morgan fingerprint density at radius 3 is 2.88 bits per heavy atom. The molecule has 4 heterocycles. The lowest BCUT2D eigenvalue weighted by atomic mass is 9.85. The van der Waals surface area contributed by atoms with Gasteiger partial charge in [0.15, 0.2) is 23.0 Å². The van der Waals surface area contributed by atoms with Crippen LogP contribution in [0.3, 0.4) is 0 Å². The van der Waals surface area contributed by atoms with Crippen molar-refractivity contribution in [3.8, 4) is 17.3 Å². The van der Waals surface area contributed by atoms with Crippen molar-refractivity contribution < 1.29 is 14.3 Å². The first kappa shape index (κ1) is 20.0. The van der Waals surface area contributed by atoms with Crippen LogP contribution in [-0.4, -0.2) is 49.2 Å². The molecule has 1 N–H and O–H groups in total. The van der Waals surface area contributed by atoms with Gasteiger partial charge in [0, 0.05) is 17.9 Å². The van der Waals surface area contributed by atoms with Crippen LogP contribution in [0.1, 0.15) is 42.5 Å². The number of methoxy groups -OCH3 is 1. The summed E-state index contributed by atoms with van der Waals surface area (Å²) in [5.74, 6) is 2.27. The zero-order chi connectivity index (χ0) is 22.2. The van der Waals surface area contributed by atoms with E-state index in [0.717, 1.165) is 23.2 Å². The lowest BCUT2D eigenvalue weighted by Crippen LogP contribution is -2.25. The van der Waals surface area contributed by atoms with Gasteiger partial charge in [-0.25, -0.2) is 0 Å².